The number of hydrogen-bond donors (Lipinski definition) is 1. The second kappa shape index (κ2) is 4.99. The molecule has 19 heavy (non-hydrogen) atoms. The second-order valence-electron chi connectivity index (χ2n) is 4.53. The first-order valence-electron chi connectivity index (χ1n) is 6.25. The number of fused-ring (bicyclic) bond motifs is 1. The molecule has 0 amide bonds. The van der Waals surface area contributed by atoms with Crippen molar-refractivity contribution in [3.63, 3.8) is 0 Å². The molecule has 0 spiro atoms. The van der Waals surface area contributed by atoms with Gasteiger partial charge in [0.05, 0.1) is 25.3 Å². The van der Waals surface area contributed by atoms with E-state index >= 15 is 0 Å². The predicted octanol–water partition coefficient (Wildman–Crippen LogP) is 0.865. The minimum atomic E-state index is -0.989. The molecule has 3 rings (SSSR count). The zero-order chi connectivity index (χ0) is 13.2. The number of aromatic nitrogens is 2. The van der Waals surface area contributed by atoms with Crippen LogP contribution in [-0.2, 0) is 11.3 Å². The molecule has 0 aromatic carbocycles. The van der Waals surface area contributed by atoms with Gasteiger partial charge in [-0.2, -0.15) is 0 Å². The maximum absolute atomic E-state index is 11.2. The van der Waals surface area contributed by atoms with E-state index in [2.05, 4.69) is 9.88 Å². The topological polar surface area (TPSA) is 67.1 Å². The number of ether oxygens (including phenoxy) is 1. The summed E-state index contributed by atoms with van der Waals surface area (Å²) >= 11 is 0. The summed E-state index contributed by atoms with van der Waals surface area (Å²) in [4.78, 5) is 17.7. The fourth-order valence-electron chi connectivity index (χ4n) is 2.33. The Morgan fingerprint density at radius 1 is 1.37 bits per heavy atom. The largest absolute Gasteiger partial charge is 0.476 e. The number of nitrogens with zero attached hydrogens (tertiary/aromatic N) is 3. The van der Waals surface area contributed by atoms with Gasteiger partial charge in [-0.3, -0.25) is 4.90 Å². The summed E-state index contributed by atoms with van der Waals surface area (Å²) in [5.41, 5.74) is 0.752. The van der Waals surface area contributed by atoms with E-state index in [1.54, 1.807) is 6.07 Å². The first-order chi connectivity index (χ1) is 9.25. The molecule has 1 fully saturated rings. The Kier molecular flexibility index (Phi) is 3.18. The normalized spacial score (nSPS) is 16.8. The molecule has 0 atom stereocenters. The van der Waals surface area contributed by atoms with Gasteiger partial charge in [0.15, 0.2) is 5.69 Å². The molecule has 2 aromatic rings. The van der Waals surface area contributed by atoms with E-state index in [1.807, 2.05) is 22.7 Å². The minimum absolute atomic E-state index is 0.115. The van der Waals surface area contributed by atoms with Crippen LogP contribution in [0, 0.1) is 0 Å². The molecule has 1 aliphatic rings. The summed E-state index contributed by atoms with van der Waals surface area (Å²) in [6.45, 7) is 3.78. The van der Waals surface area contributed by atoms with Crippen molar-refractivity contribution in [1.82, 2.24) is 14.3 Å². The molecular formula is C13H15N3O3. The van der Waals surface area contributed by atoms with Gasteiger partial charge in [-0.1, -0.05) is 6.07 Å². The molecule has 100 valence electrons. The van der Waals surface area contributed by atoms with Crippen LogP contribution in [0.5, 0.6) is 0 Å². The summed E-state index contributed by atoms with van der Waals surface area (Å²) in [6.07, 6.45) is 1.85. The number of imidazole rings is 1. The summed E-state index contributed by atoms with van der Waals surface area (Å²) in [5.74, 6) is -0.230. The molecule has 1 saturated heterocycles. The number of hydrogen-bond acceptors (Lipinski definition) is 4. The van der Waals surface area contributed by atoms with Crippen LogP contribution in [0.2, 0.25) is 0 Å². The van der Waals surface area contributed by atoms with Crippen molar-refractivity contribution in [2.45, 2.75) is 6.54 Å². The average Bonchev–Trinajstić information content (AvgIpc) is 2.79. The van der Waals surface area contributed by atoms with Crippen LogP contribution in [0.3, 0.4) is 0 Å². The lowest BCUT2D eigenvalue weighted by atomic mass is 10.3. The number of pyridine rings is 1. The Morgan fingerprint density at radius 3 is 2.89 bits per heavy atom. The number of aromatic carboxylic acids is 1. The van der Waals surface area contributed by atoms with E-state index < -0.39 is 5.97 Å². The fraction of sp³-hybridized carbons (Fsp3) is 0.385. The van der Waals surface area contributed by atoms with E-state index in [0.717, 1.165) is 32.1 Å². The Bertz CT molecular complexity index is 602. The molecule has 6 heteroatoms. The van der Waals surface area contributed by atoms with Crippen LogP contribution in [-0.4, -0.2) is 51.7 Å². The SMILES string of the molecule is O=C(O)c1nc(CN2CCOCC2)n2ccccc12. The first kappa shape index (κ1) is 12.1. The van der Waals surface area contributed by atoms with Crippen LogP contribution in [0.4, 0.5) is 0 Å². The van der Waals surface area contributed by atoms with Crippen molar-refractivity contribution in [2.75, 3.05) is 26.3 Å². The maximum Gasteiger partial charge on any atom is 0.356 e. The average molecular weight is 261 g/mol. The van der Waals surface area contributed by atoms with Crippen LogP contribution in [0.25, 0.3) is 5.52 Å². The minimum Gasteiger partial charge on any atom is -0.476 e. The zero-order valence-electron chi connectivity index (χ0n) is 10.5. The summed E-state index contributed by atoms with van der Waals surface area (Å²) < 4.78 is 7.15. The Morgan fingerprint density at radius 2 is 2.16 bits per heavy atom. The van der Waals surface area contributed by atoms with Gasteiger partial charge in [0, 0.05) is 19.3 Å². The first-order valence-corrected chi connectivity index (χ1v) is 6.25. The second-order valence-corrected chi connectivity index (χ2v) is 4.53. The van der Waals surface area contributed by atoms with E-state index in [1.165, 1.54) is 0 Å². The molecule has 0 aliphatic carbocycles. The number of morpholine rings is 1. The lowest BCUT2D eigenvalue weighted by Crippen LogP contribution is -2.36. The van der Waals surface area contributed by atoms with Crippen molar-refractivity contribution in [2.24, 2.45) is 0 Å². The zero-order valence-corrected chi connectivity index (χ0v) is 10.5. The maximum atomic E-state index is 11.2. The highest BCUT2D eigenvalue weighted by atomic mass is 16.5. The number of carboxylic acid groups (broad SMARTS) is 1. The van der Waals surface area contributed by atoms with Crippen molar-refractivity contribution in [3.05, 3.63) is 35.9 Å². The lowest BCUT2D eigenvalue weighted by molar-refractivity contribution is 0.0329. The number of rotatable bonds is 3. The van der Waals surface area contributed by atoms with Gasteiger partial charge in [0.1, 0.15) is 5.82 Å². The van der Waals surface area contributed by atoms with Crippen LogP contribution < -0.4 is 0 Å². The molecule has 6 nitrogen and oxygen atoms in total. The van der Waals surface area contributed by atoms with Gasteiger partial charge in [0.25, 0.3) is 0 Å². The quantitative estimate of drug-likeness (QED) is 0.887. The van der Waals surface area contributed by atoms with Crippen molar-refractivity contribution >= 4 is 11.5 Å². The Balaban J connectivity index is 1.96. The van der Waals surface area contributed by atoms with Gasteiger partial charge in [0.2, 0.25) is 0 Å². The highest BCUT2D eigenvalue weighted by Crippen LogP contribution is 2.15. The Labute approximate surface area is 110 Å². The standard InChI is InChI=1S/C13H15N3O3/c17-13(18)12-10-3-1-2-4-16(10)11(14-12)9-15-5-7-19-8-6-15/h1-4H,5-9H2,(H,17,18). The van der Waals surface area contributed by atoms with E-state index in [4.69, 9.17) is 4.74 Å². The molecule has 0 unspecified atom stereocenters. The van der Waals surface area contributed by atoms with Crippen molar-refractivity contribution in [1.29, 1.82) is 0 Å². The van der Waals surface area contributed by atoms with Gasteiger partial charge >= 0.3 is 5.97 Å². The molecule has 1 aliphatic heterocycles. The monoisotopic (exact) mass is 261 g/mol. The molecule has 0 radical (unpaired) electrons. The lowest BCUT2D eigenvalue weighted by Gasteiger charge is -2.25. The summed E-state index contributed by atoms with van der Waals surface area (Å²) in [5, 5.41) is 9.19. The number of carbonyl (C=O) groups is 1. The summed E-state index contributed by atoms with van der Waals surface area (Å²) in [7, 11) is 0. The van der Waals surface area contributed by atoms with Gasteiger partial charge in [-0.25, -0.2) is 9.78 Å². The van der Waals surface area contributed by atoms with E-state index in [9.17, 15) is 9.90 Å². The Hall–Kier alpha value is -1.92. The van der Waals surface area contributed by atoms with Crippen LogP contribution in [0.15, 0.2) is 24.4 Å². The van der Waals surface area contributed by atoms with E-state index in [-0.39, 0.29) is 5.69 Å². The molecule has 0 saturated carbocycles. The molecule has 1 N–H and O–H groups in total. The van der Waals surface area contributed by atoms with E-state index in [0.29, 0.717) is 12.1 Å². The van der Waals surface area contributed by atoms with Crippen molar-refractivity contribution < 1.29 is 14.6 Å². The van der Waals surface area contributed by atoms with Gasteiger partial charge in [-0.05, 0) is 12.1 Å². The molecular weight excluding hydrogens is 246 g/mol. The number of carboxylic acids is 1. The third kappa shape index (κ3) is 2.32. The molecule has 0 bridgehead atoms. The summed E-state index contributed by atoms with van der Waals surface area (Å²) in [6, 6.07) is 5.48. The van der Waals surface area contributed by atoms with Crippen molar-refractivity contribution in [3.8, 4) is 0 Å². The van der Waals surface area contributed by atoms with Crippen LogP contribution in [0.1, 0.15) is 16.3 Å². The highest BCUT2D eigenvalue weighted by molar-refractivity contribution is 5.93. The third-order valence-electron chi connectivity index (χ3n) is 3.29. The predicted molar refractivity (Wildman–Crippen MR) is 68.2 cm³/mol. The van der Waals surface area contributed by atoms with Gasteiger partial charge in [-0.15, -0.1) is 0 Å². The molecule has 3 heterocycles. The highest BCUT2D eigenvalue weighted by Gasteiger charge is 2.19. The fourth-order valence-corrected chi connectivity index (χ4v) is 2.33. The smallest absolute Gasteiger partial charge is 0.356 e. The third-order valence-corrected chi connectivity index (χ3v) is 3.29. The molecule has 2 aromatic heterocycles. The van der Waals surface area contributed by atoms with Crippen LogP contribution >= 0.6 is 0 Å². The van der Waals surface area contributed by atoms with Gasteiger partial charge < -0.3 is 14.2 Å².